The topological polar surface area (TPSA) is 111 Å². The number of hydrogen-bond acceptors (Lipinski definition) is 6. The summed E-state index contributed by atoms with van der Waals surface area (Å²) in [5, 5.41) is 5.31. The first kappa shape index (κ1) is 22.6. The molecule has 8 nitrogen and oxygen atoms in total. The predicted octanol–water partition coefficient (Wildman–Crippen LogP) is 3.07. The standard InChI is InChI=1S/C22H24N2O6/c1-15-6-10-17(11-7-15)24-20(26)14-30-21(27)5-3-4-19(25)23-18-12-8-16(9-13-18)22(28)29-2/h6-13H,3-5,14H2,1-2H3,(H,23,25)(H,24,26). The van der Waals surface area contributed by atoms with Crippen molar-refractivity contribution in [2.45, 2.75) is 26.2 Å². The molecule has 0 atom stereocenters. The first-order valence-electron chi connectivity index (χ1n) is 9.38. The van der Waals surface area contributed by atoms with Gasteiger partial charge in [0.15, 0.2) is 6.61 Å². The van der Waals surface area contributed by atoms with Crippen LogP contribution in [0.2, 0.25) is 0 Å². The molecule has 2 N–H and O–H groups in total. The second kappa shape index (κ2) is 11.4. The maximum absolute atomic E-state index is 11.9. The number of rotatable bonds is 9. The van der Waals surface area contributed by atoms with Gasteiger partial charge in [-0.1, -0.05) is 17.7 Å². The number of carbonyl (C=O) groups is 4. The molecule has 0 aliphatic carbocycles. The van der Waals surface area contributed by atoms with Crippen LogP contribution in [0.15, 0.2) is 48.5 Å². The van der Waals surface area contributed by atoms with Gasteiger partial charge in [0.25, 0.3) is 5.91 Å². The minimum Gasteiger partial charge on any atom is -0.465 e. The van der Waals surface area contributed by atoms with E-state index < -0.39 is 17.8 Å². The molecule has 0 heterocycles. The fourth-order valence-corrected chi connectivity index (χ4v) is 2.48. The largest absolute Gasteiger partial charge is 0.465 e. The molecule has 0 saturated carbocycles. The van der Waals surface area contributed by atoms with E-state index in [0.29, 0.717) is 16.9 Å². The Kier molecular flexibility index (Phi) is 8.56. The van der Waals surface area contributed by atoms with E-state index in [-0.39, 0.29) is 31.8 Å². The van der Waals surface area contributed by atoms with Crippen molar-refractivity contribution in [3.8, 4) is 0 Å². The Morgan fingerprint density at radius 2 is 1.37 bits per heavy atom. The summed E-state index contributed by atoms with van der Waals surface area (Å²) in [5.41, 5.74) is 2.60. The van der Waals surface area contributed by atoms with Crippen LogP contribution in [0, 0.1) is 6.92 Å². The molecule has 2 aromatic carbocycles. The van der Waals surface area contributed by atoms with Gasteiger partial charge in [-0.15, -0.1) is 0 Å². The number of carbonyl (C=O) groups excluding carboxylic acids is 4. The molecule has 2 rings (SSSR count). The molecule has 0 spiro atoms. The van der Waals surface area contributed by atoms with E-state index in [2.05, 4.69) is 15.4 Å². The third-order valence-corrected chi connectivity index (χ3v) is 4.07. The number of benzene rings is 2. The Balaban J connectivity index is 1.63. The third-order valence-electron chi connectivity index (χ3n) is 4.07. The lowest BCUT2D eigenvalue weighted by molar-refractivity contribution is -0.147. The van der Waals surface area contributed by atoms with E-state index in [0.717, 1.165) is 5.56 Å². The lowest BCUT2D eigenvalue weighted by atomic mass is 10.2. The van der Waals surface area contributed by atoms with Crippen LogP contribution in [0.5, 0.6) is 0 Å². The average molecular weight is 412 g/mol. The van der Waals surface area contributed by atoms with Crippen molar-refractivity contribution in [1.82, 2.24) is 0 Å². The molecule has 158 valence electrons. The van der Waals surface area contributed by atoms with E-state index in [1.165, 1.54) is 7.11 Å². The first-order chi connectivity index (χ1) is 14.4. The van der Waals surface area contributed by atoms with Crippen LogP contribution >= 0.6 is 0 Å². The minimum atomic E-state index is -0.552. The second-order valence-electron chi connectivity index (χ2n) is 6.55. The number of ether oxygens (including phenoxy) is 2. The highest BCUT2D eigenvalue weighted by Crippen LogP contribution is 2.12. The third kappa shape index (κ3) is 7.75. The SMILES string of the molecule is COC(=O)c1ccc(NC(=O)CCCC(=O)OCC(=O)Nc2ccc(C)cc2)cc1. The average Bonchev–Trinajstić information content (AvgIpc) is 2.74. The van der Waals surface area contributed by atoms with Gasteiger partial charge in [0.2, 0.25) is 5.91 Å². The lowest BCUT2D eigenvalue weighted by Gasteiger charge is -2.08. The molecule has 0 radical (unpaired) electrons. The van der Waals surface area contributed by atoms with E-state index in [9.17, 15) is 19.2 Å². The summed E-state index contributed by atoms with van der Waals surface area (Å²) in [5.74, 6) is -1.71. The van der Waals surface area contributed by atoms with Crippen LogP contribution in [-0.4, -0.2) is 37.5 Å². The summed E-state index contributed by atoms with van der Waals surface area (Å²) in [4.78, 5) is 46.8. The van der Waals surface area contributed by atoms with Crippen LogP contribution in [0.1, 0.15) is 35.2 Å². The van der Waals surface area contributed by atoms with Gasteiger partial charge in [0.05, 0.1) is 12.7 Å². The van der Waals surface area contributed by atoms with E-state index in [1.54, 1.807) is 36.4 Å². The molecule has 0 aliphatic heterocycles. The summed E-state index contributed by atoms with van der Waals surface area (Å²) < 4.78 is 9.53. The van der Waals surface area contributed by atoms with Gasteiger partial charge in [0, 0.05) is 24.2 Å². The highest BCUT2D eigenvalue weighted by molar-refractivity contribution is 5.94. The fraction of sp³-hybridized carbons (Fsp3) is 0.273. The van der Waals surface area contributed by atoms with E-state index in [4.69, 9.17) is 4.74 Å². The number of aryl methyl sites for hydroxylation is 1. The molecule has 0 unspecified atom stereocenters. The fourth-order valence-electron chi connectivity index (χ4n) is 2.48. The van der Waals surface area contributed by atoms with Crippen LogP contribution in [0.25, 0.3) is 0 Å². The van der Waals surface area contributed by atoms with Gasteiger partial charge in [-0.05, 0) is 49.7 Å². The molecule has 0 aliphatic rings. The number of hydrogen-bond donors (Lipinski definition) is 2. The summed E-state index contributed by atoms with van der Waals surface area (Å²) in [7, 11) is 1.29. The van der Waals surface area contributed by atoms with Crippen molar-refractivity contribution in [1.29, 1.82) is 0 Å². The monoisotopic (exact) mass is 412 g/mol. The molecule has 0 bridgehead atoms. The van der Waals surface area contributed by atoms with Crippen LogP contribution in [0.3, 0.4) is 0 Å². The molecule has 2 aromatic rings. The zero-order valence-corrected chi connectivity index (χ0v) is 16.9. The summed E-state index contributed by atoms with van der Waals surface area (Å²) in [6.07, 6.45) is 0.417. The van der Waals surface area contributed by atoms with Crippen molar-refractivity contribution >= 4 is 35.1 Å². The summed E-state index contributed by atoms with van der Waals surface area (Å²) in [6.45, 7) is 1.56. The van der Waals surface area contributed by atoms with Gasteiger partial charge in [-0.2, -0.15) is 0 Å². The van der Waals surface area contributed by atoms with E-state index >= 15 is 0 Å². The van der Waals surface area contributed by atoms with Crippen molar-refractivity contribution in [3.63, 3.8) is 0 Å². The van der Waals surface area contributed by atoms with Gasteiger partial charge in [-0.3, -0.25) is 14.4 Å². The molecule has 0 fully saturated rings. The maximum atomic E-state index is 11.9. The van der Waals surface area contributed by atoms with Crippen LogP contribution in [0.4, 0.5) is 11.4 Å². The lowest BCUT2D eigenvalue weighted by Crippen LogP contribution is -2.21. The van der Waals surface area contributed by atoms with Gasteiger partial charge in [-0.25, -0.2) is 4.79 Å². The van der Waals surface area contributed by atoms with Gasteiger partial charge >= 0.3 is 11.9 Å². The molecule has 30 heavy (non-hydrogen) atoms. The van der Waals surface area contributed by atoms with Crippen LogP contribution < -0.4 is 10.6 Å². The second-order valence-corrected chi connectivity index (χ2v) is 6.55. The number of nitrogens with one attached hydrogen (secondary N) is 2. The molecule has 8 heteroatoms. The molecule has 0 saturated heterocycles. The smallest absolute Gasteiger partial charge is 0.337 e. The Morgan fingerprint density at radius 1 is 0.800 bits per heavy atom. The highest BCUT2D eigenvalue weighted by Gasteiger charge is 2.10. The summed E-state index contributed by atoms with van der Waals surface area (Å²) >= 11 is 0. The Bertz CT molecular complexity index is 891. The Hall–Kier alpha value is -3.68. The maximum Gasteiger partial charge on any atom is 0.337 e. The summed E-state index contributed by atoms with van der Waals surface area (Å²) in [6, 6.07) is 13.5. The van der Waals surface area contributed by atoms with Crippen LogP contribution in [-0.2, 0) is 23.9 Å². The number of amides is 2. The van der Waals surface area contributed by atoms with Crippen molar-refractivity contribution in [2.75, 3.05) is 24.4 Å². The van der Waals surface area contributed by atoms with Gasteiger partial charge in [0.1, 0.15) is 0 Å². The zero-order valence-electron chi connectivity index (χ0n) is 16.9. The molecular weight excluding hydrogens is 388 g/mol. The van der Waals surface area contributed by atoms with Crippen molar-refractivity contribution in [3.05, 3.63) is 59.7 Å². The Morgan fingerprint density at radius 3 is 1.97 bits per heavy atom. The van der Waals surface area contributed by atoms with E-state index in [1.807, 2.05) is 19.1 Å². The molecule has 0 aromatic heterocycles. The Labute approximate surface area is 174 Å². The molecular formula is C22H24N2O6. The van der Waals surface area contributed by atoms with Crippen molar-refractivity contribution in [2.24, 2.45) is 0 Å². The highest BCUT2D eigenvalue weighted by atomic mass is 16.5. The minimum absolute atomic E-state index is 0.0203. The quantitative estimate of drug-likeness (QED) is 0.613. The van der Waals surface area contributed by atoms with Gasteiger partial charge < -0.3 is 20.1 Å². The normalized spacial score (nSPS) is 10.1. The van der Waals surface area contributed by atoms with Crippen molar-refractivity contribution < 1.29 is 28.7 Å². The molecule has 2 amide bonds. The predicted molar refractivity (Wildman–Crippen MR) is 111 cm³/mol. The number of methoxy groups -OCH3 is 1. The first-order valence-corrected chi connectivity index (χ1v) is 9.38. The number of anilines is 2. The zero-order chi connectivity index (χ0) is 21.9. The number of esters is 2.